The first-order chi connectivity index (χ1) is 12.0. The first kappa shape index (κ1) is 17.6. The van der Waals surface area contributed by atoms with E-state index < -0.39 is 10.0 Å². The topological polar surface area (TPSA) is 66.5 Å². The lowest BCUT2D eigenvalue weighted by Gasteiger charge is -2.17. The molecule has 0 aliphatic carbocycles. The van der Waals surface area contributed by atoms with E-state index in [1.807, 2.05) is 37.3 Å². The smallest absolute Gasteiger partial charge is 0.251 e. The largest absolute Gasteiger partial charge is 0.346 e. The van der Waals surface area contributed by atoms with Gasteiger partial charge in [-0.15, -0.1) is 0 Å². The maximum atomic E-state index is 12.6. The molecule has 25 heavy (non-hydrogen) atoms. The predicted octanol–water partition coefficient (Wildman–Crippen LogP) is 2.96. The van der Waals surface area contributed by atoms with Crippen molar-refractivity contribution in [2.24, 2.45) is 0 Å². The zero-order valence-electron chi connectivity index (χ0n) is 14.2. The van der Waals surface area contributed by atoms with E-state index in [-0.39, 0.29) is 16.8 Å². The molecule has 1 aliphatic rings. The molecule has 6 heteroatoms. The van der Waals surface area contributed by atoms with E-state index in [9.17, 15) is 13.2 Å². The van der Waals surface area contributed by atoms with Crippen LogP contribution in [0.25, 0.3) is 0 Å². The molecule has 0 unspecified atom stereocenters. The summed E-state index contributed by atoms with van der Waals surface area (Å²) in [5, 5.41) is 2.91. The quantitative estimate of drug-likeness (QED) is 0.894. The number of benzene rings is 2. The molecule has 0 aromatic heterocycles. The van der Waals surface area contributed by atoms with Crippen LogP contribution in [0.4, 0.5) is 0 Å². The van der Waals surface area contributed by atoms with Crippen molar-refractivity contribution in [1.82, 2.24) is 9.62 Å². The molecule has 3 rings (SSSR count). The Kier molecular flexibility index (Phi) is 5.20. The van der Waals surface area contributed by atoms with E-state index in [0.29, 0.717) is 18.7 Å². The van der Waals surface area contributed by atoms with Gasteiger partial charge in [0.25, 0.3) is 5.91 Å². The average Bonchev–Trinajstić information content (AvgIpc) is 3.18. The van der Waals surface area contributed by atoms with Crippen LogP contribution >= 0.6 is 0 Å². The van der Waals surface area contributed by atoms with Crippen LogP contribution in [-0.4, -0.2) is 31.7 Å². The van der Waals surface area contributed by atoms with Gasteiger partial charge in [0.2, 0.25) is 10.0 Å². The highest BCUT2D eigenvalue weighted by Crippen LogP contribution is 2.22. The molecule has 0 saturated carbocycles. The number of nitrogens with one attached hydrogen (secondary N) is 1. The third-order valence-corrected chi connectivity index (χ3v) is 6.34. The summed E-state index contributed by atoms with van der Waals surface area (Å²) in [6.45, 7) is 2.99. The minimum absolute atomic E-state index is 0.160. The van der Waals surface area contributed by atoms with Crippen molar-refractivity contribution < 1.29 is 13.2 Å². The highest BCUT2D eigenvalue weighted by Gasteiger charge is 2.27. The Hall–Kier alpha value is -2.18. The van der Waals surface area contributed by atoms with E-state index in [0.717, 1.165) is 18.4 Å². The van der Waals surface area contributed by atoms with E-state index in [4.69, 9.17) is 0 Å². The summed E-state index contributed by atoms with van der Waals surface area (Å²) in [6.07, 6.45) is 1.77. The summed E-state index contributed by atoms with van der Waals surface area (Å²) in [7, 11) is -3.52. The Morgan fingerprint density at radius 2 is 1.72 bits per heavy atom. The number of amides is 1. The number of carbonyl (C=O) groups excluding carboxylic acids is 1. The van der Waals surface area contributed by atoms with Gasteiger partial charge in [-0.25, -0.2) is 8.42 Å². The molecule has 1 saturated heterocycles. The average molecular weight is 358 g/mol. The van der Waals surface area contributed by atoms with Crippen molar-refractivity contribution in [1.29, 1.82) is 0 Å². The highest BCUT2D eigenvalue weighted by molar-refractivity contribution is 7.89. The normalized spacial score (nSPS) is 16.5. The molecule has 1 N–H and O–H groups in total. The SMILES string of the molecule is C[C@@H](NC(=O)c1cccc(S(=O)(=O)N2CCCC2)c1)c1ccccc1. The number of rotatable bonds is 5. The second-order valence-corrected chi connectivity index (χ2v) is 8.18. The van der Waals surface area contributed by atoms with Crippen molar-refractivity contribution in [3.63, 3.8) is 0 Å². The van der Waals surface area contributed by atoms with Gasteiger partial charge in [0.05, 0.1) is 10.9 Å². The van der Waals surface area contributed by atoms with Crippen LogP contribution in [0.15, 0.2) is 59.5 Å². The van der Waals surface area contributed by atoms with Crippen LogP contribution in [0, 0.1) is 0 Å². The van der Waals surface area contributed by atoms with Gasteiger partial charge in [0.15, 0.2) is 0 Å². The molecule has 1 atom stereocenters. The van der Waals surface area contributed by atoms with Gasteiger partial charge in [0.1, 0.15) is 0 Å². The molecule has 2 aromatic carbocycles. The molecule has 5 nitrogen and oxygen atoms in total. The molecule has 132 valence electrons. The molecule has 1 fully saturated rings. The van der Waals surface area contributed by atoms with Gasteiger partial charge < -0.3 is 5.32 Å². The van der Waals surface area contributed by atoms with Gasteiger partial charge in [-0.05, 0) is 43.5 Å². The van der Waals surface area contributed by atoms with Gasteiger partial charge in [-0.3, -0.25) is 4.79 Å². The molecule has 2 aromatic rings. The zero-order chi connectivity index (χ0) is 17.9. The van der Waals surface area contributed by atoms with Gasteiger partial charge in [-0.1, -0.05) is 36.4 Å². The minimum atomic E-state index is -3.52. The maximum Gasteiger partial charge on any atom is 0.251 e. The second kappa shape index (κ2) is 7.37. The summed E-state index contributed by atoms with van der Waals surface area (Å²) in [6, 6.07) is 15.7. The zero-order valence-corrected chi connectivity index (χ0v) is 15.0. The fourth-order valence-corrected chi connectivity index (χ4v) is 4.54. The van der Waals surface area contributed by atoms with Crippen molar-refractivity contribution >= 4 is 15.9 Å². The summed E-state index contributed by atoms with van der Waals surface area (Å²) in [5.74, 6) is -0.283. The first-order valence-corrected chi connectivity index (χ1v) is 9.88. The molecule has 0 spiro atoms. The van der Waals surface area contributed by atoms with Crippen LogP contribution in [0.2, 0.25) is 0 Å². The molecule has 1 heterocycles. The number of nitrogens with zero attached hydrogens (tertiary/aromatic N) is 1. The minimum Gasteiger partial charge on any atom is -0.346 e. The van der Waals surface area contributed by atoms with E-state index in [1.54, 1.807) is 18.2 Å². The number of carbonyl (C=O) groups is 1. The fourth-order valence-electron chi connectivity index (χ4n) is 2.98. The third kappa shape index (κ3) is 3.91. The Bertz CT molecular complexity index is 844. The summed E-state index contributed by atoms with van der Waals surface area (Å²) in [4.78, 5) is 12.7. The second-order valence-electron chi connectivity index (χ2n) is 6.24. The summed E-state index contributed by atoms with van der Waals surface area (Å²) in [5.41, 5.74) is 1.35. The van der Waals surface area contributed by atoms with E-state index in [2.05, 4.69) is 5.32 Å². The maximum absolute atomic E-state index is 12.6. The first-order valence-electron chi connectivity index (χ1n) is 8.44. The van der Waals surface area contributed by atoms with Crippen LogP contribution < -0.4 is 5.32 Å². The standard InChI is InChI=1S/C19H22N2O3S/c1-15(16-8-3-2-4-9-16)20-19(22)17-10-7-11-18(14-17)25(23,24)21-12-5-6-13-21/h2-4,7-11,14-15H,5-6,12-13H2,1H3,(H,20,22)/t15-/m1/s1. The lowest BCUT2D eigenvalue weighted by Crippen LogP contribution is -2.29. The fraction of sp³-hybridized carbons (Fsp3) is 0.316. The lowest BCUT2D eigenvalue weighted by molar-refractivity contribution is 0.0939. The van der Waals surface area contributed by atoms with Crippen LogP contribution in [0.5, 0.6) is 0 Å². The Labute approximate surface area is 148 Å². The third-order valence-electron chi connectivity index (χ3n) is 4.45. The summed E-state index contributed by atoms with van der Waals surface area (Å²) >= 11 is 0. The molecule has 0 bridgehead atoms. The van der Waals surface area contributed by atoms with Crippen molar-refractivity contribution in [2.45, 2.75) is 30.7 Å². The van der Waals surface area contributed by atoms with Crippen molar-refractivity contribution in [3.05, 3.63) is 65.7 Å². The van der Waals surface area contributed by atoms with Crippen LogP contribution in [0.3, 0.4) is 0 Å². The molecule has 1 aliphatic heterocycles. The van der Waals surface area contributed by atoms with Crippen molar-refractivity contribution in [2.75, 3.05) is 13.1 Å². The van der Waals surface area contributed by atoms with Gasteiger partial charge in [0, 0.05) is 18.7 Å². The Balaban J connectivity index is 1.78. The summed E-state index contributed by atoms with van der Waals surface area (Å²) < 4.78 is 26.8. The number of hydrogen-bond acceptors (Lipinski definition) is 3. The van der Waals surface area contributed by atoms with Crippen molar-refractivity contribution in [3.8, 4) is 0 Å². The highest BCUT2D eigenvalue weighted by atomic mass is 32.2. The van der Waals surface area contributed by atoms with Gasteiger partial charge in [-0.2, -0.15) is 4.31 Å². The predicted molar refractivity (Wildman–Crippen MR) is 96.8 cm³/mol. The monoisotopic (exact) mass is 358 g/mol. The van der Waals surface area contributed by atoms with E-state index >= 15 is 0 Å². The van der Waals surface area contributed by atoms with Crippen LogP contribution in [-0.2, 0) is 10.0 Å². The molecule has 0 radical (unpaired) electrons. The molecular formula is C19H22N2O3S. The lowest BCUT2D eigenvalue weighted by atomic mass is 10.1. The Morgan fingerprint density at radius 1 is 1.04 bits per heavy atom. The van der Waals surface area contributed by atoms with E-state index in [1.165, 1.54) is 10.4 Å². The Morgan fingerprint density at radius 3 is 2.40 bits per heavy atom. The van der Waals surface area contributed by atoms with Crippen LogP contribution in [0.1, 0.15) is 41.7 Å². The molecule has 1 amide bonds. The number of sulfonamides is 1. The molecular weight excluding hydrogens is 336 g/mol. The van der Waals surface area contributed by atoms with Gasteiger partial charge >= 0.3 is 0 Å². The number of hydrogen-bond donors (Lipinski definition) is 1.